The maximum Gasteiger partial charge on any atom is 0.0547 e. The molecule has 0 N–H and O–H groups in total. The minimum atomic E-state index is 1.11. The molecular formula is C56H38N2. The minimum absolute atomic E-state index is 1.11. The van der Waals surface area contributed by atoms with Gasteiger partial charge in [-0.25, -0.2) is 0 Å². The molecule has 0 aliphatic rings. The first-order chi connectivity index (χ1) is 28.8. The lowest BCUT2D eigenvalue weighted by Gasteiger charge is -2.26. The average Bonchev–Trinajstić information content (AvgIpc) is 3.65. The van der Waals surface area contributed by atoms with Crippen molar-refractivity contribution in [3.05, 3.63) is 231 Å². The van der Waals surface area contributed by atoms with Crippen LogP contribution in [0.3, 0.4) is 0 Å². The smallest absolute Gasteiger partial charge is 0.0547 e. The fraction of sp³-hybridized carbons (Fsp3) is 0. The van der Waals surface area contributed by atoms with E-state index >= 15 is 0 Å². The van der Waals surface area contributed by atoms with Crippen molar-refractivity contribution in [2.45, 2.75) is 0 Å². The van der Waals surface area contributed by atoms with Crippen molar-refractivity contribution in [1.82, 2.24) is 4.57 Å². The van der Waals surface area contributed by atoms with Gasteiger partial charge in [-0.15, -0.1) is 0 Å². The highest BCUT2D eigenvalue weighted by Crippen LogP contribution is 2.44. The Bertz CT molecular complexity index is 3230. The molecule has 2 nitrogen and oxygen atoms in total. The Labute approximate surface area is 338 Å². The van der Waals surface area contributed by atoms with Gasteiger partial charge < -0.3 is 9.47 Å². The molecule has 11 rings (SSSR count). The van der Waals surface area contributed by atoms with Crippen molar-refractivity contribution in [3.63, 3.8) is 0 Å². The van der Waals surface area contributed by atoms with Gasteiger partial charge in [0.25, 0.3) is 0 Å². The van der Waals surface area contributed by atoms with E-state index < -0.39 is 0 Å². The van der Waals surface area contributed by atoms with Crippen LogP contribution < -0.4 is 4.90 Å². The largest absolute Gasteiger partial charge is 0.311 e. The van der Waals surface area contributed by atoms with Crippen molar-refractivity contribution in [2.24, 2.45) is 0 Å². The first kappa shape index (κ1) is 33.6. The Morgan fingerprint density at radius 1 is 0.276 bits per heavy atom. The second-order valence-electron chi connectivity index (χ2n) is 14.9. The maximum atomic E-state index is 2.44. The minimum Gasteiger partial charge on any atom is -0.311 e. The monoisotopic (exact) mass is 738 g/mol. The Kier molecular flexibility index (Phi) is 8.19. The maximum absolute atomic E-state index is 2.44. The van der Waals surface area contributed by atoms with Crippen molar-refractivity contribution in [3.8, 4) is 39.1 Å². The first-order valence-electron chi connectivity index (χ1n) is 19.9. The highest BCUT2D eigenvalue weighted by Gasteiger charge is 2.20. The molecule has 0 bridgehead atoms. The number of fused-ring (bicyclic) bond motifs is 6. The lowest BCUT2D eigenvalue weighted by atomic mass is 9.93. The molecule has 1 aromatic heterocycles. The van der Waals surface area contributed by atoms with Crippen molar-refractivity contribution in [2.75, 3.05) is 4.90 Å². The normalized spacial score (nSPS) is 11.4. The number of para-hydroxylation sites is 1. The molecule has 11 aromatic rings. The van der Waals surface area contributed by atoms with Crippen molar-refractivity contribution >= 4 is 60.4 Å². The van der Waals surface area contributed by atoms with Gasteiger partial charge in [0.1, 0.15) is 0 Å². The fourth-order valence-electron chi connectivity index (χ4n) is 8.85. The van der Waals surface area contributed by atoms with Gasteiger partial charge >= 0.3 is 0 Å². The summed E-state index contributed by atoms with van der Waals surface area (Å²) < 4.78 is 2.44. The fourth-order valence-corrected chi connectivity index (χ4v) is 8.85. The van der Waals surface area contributed by atoms with Crippen LogP contribution in [0.4, 0.5) is 17.1 Å². The van der Waals surface area contributed by atoms with E-state index in [1.807, 2.05) is 0 Å². The second-order valence-corrected chi connectivity index (χ2v) is 14.9. The van der Waals surface area contributed by atoms with E-state index in [1.165, 1.54) is 76.7 Å². The molecule has 0 atom stereocenters. The molecule has 0 aliphatic heterocycles. The zero-order valence-corrected chi connectivity index (χ0v) is 31.8. The lowest BCUT2D eigenvalue weighted by Crippen LogP contribution is -2.09. The summed E-state index contributed by atoms with van der Waals surface area (Å²) in [6, 6.07) is 83.5. The summed E-state index contributed by atoms with van der Waals surface area (Å²) in [5.74, 6) is 0. The molecule has 10 aromatic carbocycles. The predicted molar refractivity (Wildman–Crippen MR) is 247 cm³/mol. The van der Waals surface area contributed by atoms with Crippen LogP contribution in [0.1, 0.15) is 0 Å². The van der Waals surface area contributed by atoms with Crippen LogP contribution in [0.5, 0.6) is 0 Å². The van der Waals surface area contributed by atoms with Crippen LogP contribution >= 0.6 is 0 Å². The van der Waals surface area contributed by atoms with Crippen LogP contribution in [-0.2, 0) is 0 Å². The molecular weight excluding hydrogens is 701 g/mol. The molecule has 272 valence electrons. The summed E-state index contributed by atoms with van der Waals surface area (Å²) in [6.07, 6.45) is 0. The quantitative estimate of drug-likeness (QED) is 0.158. The summed E-state index contributed by atoms with van der Waals surface area (Å²) >= 11 is 0. The summed E-state index contributed by atoms with van der Waals surface area (Å²) in [6.45, 7) is 0. The van der Waals surface area contributed by atoms with Gasteiger partial charge in [-0.05, 0) is 116 Å². The van der Waals surface area contributed by atoms with Crippen LogP contribution in [0.25, 0.3) is 82.4 Å². The molecule has 0 unspecified atom stereocenters. The molecule has 2 heteroatoms. The predicted octanol–water partition coefficient (Wildman–Crippen LogP) is 15.6. The highest BCUT2D eigenvalue weighted by molar-refractivity contribution is 6.26. The van der Waals surface area contributed by atoms with E-state index in [-0.39, 0.29) is 0 Å². The second kappa shape index (κ2) is 14.1. The SMILES string of the molecule is c1ccc(-c2ccc(N(c3ccccc3)c3ccc(-c4ccc(-n5c6cccc(-c7cccc8ccccc78)c6c6c7ccccc7ccc65)cc4)cc3)cc2)cc1. The Morgan fingerprint density at radius 3 is 1.41 bits per heavy atom. The Hall–Kier alpha value is -7.68. The van der Waals surface area contributed by atoms with E-state index in [4.69, 9.17) is 0 Å². The zero-order chi connectivity index (χ0) is 38.4. The molecule has 0 aliphatic carbocycles. The summed E-state index contributed by atoms with van der Waals surface area (Å²) in [7, 11) is 0. The topological polar surface area (TPSA) is 8.17 Å². The van der Waals surface area contributed by atoms with Gasteiger partial charge in [0.15, 0.2) is 0 Å². The molecule has 0 amide bonds. The zero-order valence-electron chi connectivity index (χ0n) is 31.8. The van der Waals surface area contributed by atoms with Gasteiger partial charge in [0.05, 0.1) is 11.0 Å². The van der Waals surface area contributed by atoms with Crippen LogP contribution in [0, 0.1) is 0 Å². The van der Waals surface area contributed by atoms with E-state index in [0.717, 1.165) is 22.7 Å². The molecule has 1 heterocycles. The molecule has 0 saturated carbocycles. The third-order valence-corrected chi connectivity index (χ3v) is 11.6. The number of aromatic nitrogens is 1. The van der Waals surface area contributed by atoms with Crippen LogP contribution in [0.15, 0.2) is 231 Å². The van der Waals surface area contributed by atoms with Gasteiger partial charge in [-0.2, -0.15) is 0 Å². The summed E-state index contributed by atoms with van der Waals surface area (Å²) in [5, 5.41) is 7.60. The van der Waals surface area contributed by atoms with Crippen molar-refractivity contribution in [1.29, 1.82) is 0 Å². The lowest BCUT2D eigenvalue weighted by molar-refractivity contribution is 1.18. The highest BCUT2D eigenvalue weighted by atomic mass is 15.1. The number of nitrogens with zero attached hydrogens (tertiary/aromatic N) is 2. The third kappa shape index (κ3) is 5.74. The van der Waals surface area contributed by atoms with E-state index in [1.54, 1.807) is 0 Å². The number of rotatable bonds is 7. The number of hydrogen-bond acceptors (Lipinski definition) is 1. The van der Waals surface area contributed by atoms with E-state index in [9.17, 15) is 0 Å². The van der Waals surface area contributed by atoms with Gasteiger partial charge in [0, 0.05) is 33.5 Å². The molecule has 58 heavy (non-hydrogen) atoms. The van der Waals surface area contributed by atoms with E-state index in [2.05, 4.69) is 240 Å². The standard InChI is InChI=1S/C56H38N2/c1-3-13-39(14-4-1)40-25-32-46(33-26-40)57(45-18-5-2-6-19-45)47-34-27-41(28-35-47)42-29-36-48(37-30-42)58-53-24-12-23-52(51-22-11-17-43-15-7-9-20-49(43)51)56(53)55-50-21-10-8-16-44(50)31-38-54(55)58/h1-38H. The van der Waals surface area contributed by atoms with Gasteiger partial charge in [-0.3, -0.25) is 0 Å². The van der Waals surface area contributed by atoms with Crippen molar-refractivity contribution < 1.29 is 0 Å². The average molecular weight is 739 g/mol. The third-order valence-electron chi connectivity index (χ3n) is 11.6. The molecule has 0 fully saturated rings. The van der Waals surface area contributed by atoms with Gasteiger partial charge in [0.2, 0.25) is 0 Å². The molecule has 0 radical (unpaired) electrons. The van der Waals surface area contributed by atoms with Crippen LogP contribution in [-0.4, -0.2) is 4.57 Å². The first-order valence-corrected chi connectivity index (χ1v) is 19.9. The summed E-state index contributed by atoms with van der Waals surface area (Å²) in [5.41, 5.74) is 14.2. The Morgan fingerprint density at radius 2 is 0.741 bits per heavy atom. The van der Waals surface area contributed by atoms with Crippen LogP contribution in [0.2, 0.25) is 0 Å². The Balaban J connectivity index is 0.988. The number of benzene rings is 10. The molecule has 0 saturated heterocycles. The molecule has 0 spiro atoms. The number of hydrogen-bond donors (Lipinski definition) is 0. The van der Waals surface area contributed by atoms with E-state index in [0.29, 0.717) is 0 Å². The number of anilines is 3. The van der Waals surface area contributed by atoms with Gasteiger partial charge in [-0.1, -0.05) is 170 Å². The summed E-state index contributed by atoms with van der Waals surface area (Å²) in [4.78, 5) is 2.32.